The summed E-state index contributed by atoms with van der Waals surface area (Å²) in [7, 11) is 0. The number of hydrogen-bond donors (Lipinski definition) is 2. The van der Waals surface area contributed by atoms with Crippen LogP contribution < -0.4 is 10.6 Å². The van der Waals surface area contributed by atoms with Gasteiger partial charge < -0.3 is 10.6 Å². The number of nitrogens with one attached hydrogen (secondary N) is 2. The van der Waals surface area contributed by atoms with Crippen molar-refractivity contribution in [1.82, 2.24) is 10.6 Å². The van der Waals surface area contributed by atoms with Crippen LogP contribution in [0.2, 0.25) is 0 Å². The average molecular weight is 299 g/mol. The second kappa shape index (κ2) is 7.45. The molecule has 1 rings (SSSR count). The Labute approximate surface area is 111 Å². The molecule has 0 aliphatic carbocycles. The summed E-state index contributed by atoms with van der Waals surface area (Å²) in [5, 5.41) is 6.10. The fraction of sp³-hybridized carbons (Fsp3) is 0.462. The maximum absolute atomic E-state index is 11.7. The van der Waals surface area contributed by atoms with Gasteiger partial charge in [0.15, 0.2) is 0 Å². The quantitative estimate of drug-likeness (QED) is 0.846. The summed E-state index contributed by atoms with van der Waals surface area (Å²) >= 11 is 3.41. The Morgan fingerprint density at radius 3 is 2.88 bits per heavy atom. The first-order valence-corrected chi connectivity index (χ1v) is 6.65. The molecule has 2 N–H and O–H groups in total. The third kappa shape index (κ3) is 5.33. The lowest BCUT2D eigenvalue weighted by molar-refractivity contribution is -0.124. The van der Waals surface area contributed by atoms with E-state index in [1.807, 2.05) is 38.1 Å². The summed E-state index contributed by atoms with van der Waals surface area (Å²) in [4.78, 5) is 11.7. The van der Waals surface area contributed by atoms with Crippen molar-refractivity contribution in [3.63, 3.8) is 0 Å². The van der Waals surface area contributed by atoms with Gasteiger partial charge in [0.25, 0.3) is 0 Å². The van der Waals surface area contributed by atoms with Crippen molar-refractivity contribution >= 4 is 21.8 Å². The van der Waals surface area contributed by atoms with Gasteiger partial charge in [-0.3, -0.25) is 4.79 Å². The minimum Gasteiger partial charge on any atom is -0.352 e. The molecular weight excluding hydrogens is 280 g/mol. The first-order chi connectivity index (χ1) is 8.13. The zero-order valence-electron chi connectivity index (χ0n) is 10.3. The highest BCUT2D eigenvalue weighted by molar-refractivity contribution is 9.10. The van der Waals surface area contributed by atoms with Gasteiger partial charge >= 0.3 is 0 Å². The van der Waals surface area contributed by atoms with Crippen LogP contribution in [0.1, 0.15) is 19.4 Å². The Morgan fingerprint density at radius 2 is 2.24 bits per heavy atom. The van der Waals surface area contributed by atoms with Gasteiger partial charge in [-0.25, -0.2) is 0 Å². The Hall–Kier alpha value is -0.870. The normalized spacial score (nSPS) is 12.2. The number of amides is 1. The second-order valence-electron chi connectivity index (χ2n) is 4.06. The molecule has 0 fully saturated rings. The van der Waals surface area contributed by atoms with Crippen LogP contribution in [-0.4, -0.2) is 19.0 Å². The molecule has 1 aromatic carbocycles. The van der Waals surface area contributed by atoms with Gasteiger partial charge in [-0.2, -0.15) is 0 Å². The molecule has 0 aliphatic rings. The number of carbonyl (C=O) groups excluding carboxylic acids is 1. The van der Waals surface area contributed by atoms with E-state index in [0.717, 1.165) is 23.1 Å². The maximum atomic E-state index is 11.7. The first-order valence-electron chi connectivity index (χ1n) is 5.86. The Bertz CT molecular complexity index is 368. The Balaban J connectivity index is 2.37. The van der Waals surface area contributed by atoms with Gasteiger partial charge in [-0.1, -0.05) is 41.9 Å². The number of rotatable bonds is 6. The topological polar surface area (TPSA) is 41.1 Å². The smallest absolute Gasteiger partial charge is 0.224 e. The fourth-order valence-corrected chi connectivity index (χ4v) is 1.91. The van der Waals surface area contributed by atoms with Crippen molar-refractivity contribution < 1.29 is 4.79 Å². The van der Waals surface area contributed by atoms with Crippen molar-refractivity contribution in [3.8, 4) is 0 Å². The monoisotopic (exact) mass is 298 g/mol. The van der Waals surface area contributed by atoms with Crippen LogP contribution in [0.25, 0.3) is 0 Å². The van der Waals surface area contributed by atoms with E-state index in [2.05, 4.69) is 26.6 Å². The van der Waals surface area contributed by atoms with Crippen LogP contribution in [0.5, 0.6) is 0 Å². The van der Waals surface area contributed by atoms with Crippen LogP contribution in [0.3, 0.4) is 0 Å². The van der Waals surface area contributed by atoms with E-state index < -0.39 is 0 Å². The van der Waals surface area contributed by atoms with Crippen molar-refractivity contribution in [3.05, 3.63) is 34.3 Å². The molecule has 0 heterocycles. The summed E-state index contributed by atoms with van der Waals surface area (Å²) in [6.45, 7) is 6.16. The molecule has 1 unspecified atom stereocenters. The molecule has 0 aromatic heterocycles. The SMILES string of the molecule is CCNCC(C)C(=O)NCc1cccc(Br)c1. The van der Waals surface area contributed by atoms with Gasteiger partial charge in [0.2, 0.25) is 5.91 Å². The molecule has 0 saturated heterocycles. The summed E-state index contributed by atoms with van der Waals surface area (Å²) in [6, 6.07) is 7.95. The van der Waals surface area contributed by atoms with E-state index in [0.29, 0.717) is 6.54 Å². The number of benzene rings is 1. The lowest BCUT2D eigenvalue weighted by Gasteiger charge is -2.12. The van der Waals surface area contributed by atoms with Crippen molar-refractivity contribution in [1.29, 1.82) is 0 Å². The van der Waals surface area contributed by atoms with Crippen LogP contribution in [0, 0.1) is 5.92 Å². The number of halogens is 1. The Morgan fingerprint density at radius 1 is 1.47 bits per heavy atom. The molecule has 3 nitrogen and oxygen atoms in total. The standard InChI is InChI=1S/C13H19BrN2O/c1-3-15-8-10(2)13(17)16-9-11-5-4-6-12(14)7-11/h4-7,10,15H,3,8-9H2,1-2H3,(H,16,17). The van der Waals surface area contributed by atoms with Crippen molar-refractivity contribution in [2.24, 2.45) is 5.92 Å². The van der Waals surface area contributed by atoms with E-state index in [4.69, 9.17) is 0 Å². The molecule has 0 bridgehead atoms. The number of carbonyl (C=O) groups is 1. The number of hydrogen-bond acceptors (Lipinski definition) is 2. The lowest BCUT2D eigenvalue weighted by atomic mass is 10.1. The lowest BCUT2D eigenvalue weighted by Crippen LogP contribution is -2.34. The molecule has 0 radical (unpaired) electrons. The molecule has 17 heavy (non-hydrogen) atoms. The highest BCUT2D eigenvalue weighted by Crippen LogP contribution is 2.11. The molecule has 1 atom stereocenters. The second-order valence-corrected chi connectivity index (χ2v) is 4.97. The molecular formula is C13H19BrN2O. The summed E-state index contributed by atoms with van der Waals surface area (Å²) in [5.41, 5.74) is 1.10. The molecule has 0 aliphatic heterocycles. The molecule has 0 spiro atoms. The van der Waals surface area contributed by atoms with E-state index in [9.17, 15) is 4.79 Å². The van der Waals surface area contributed by atoms with Crippen LogP contribution in [-0.2, 0) is 11.3 Å². The zero-order valence-corrected chi connectivity index (χ0v) is 11.9. The Kier molecular flexibility index (Phi) is 6.22. The minimum atomic E-state index is 0.00195. The third-order valence-electron chi connectivity index (χ3n) is 2.50. The highest BCUT2D eigenvalue weighted by Gasteiger charge is 2.11. The molecule has 0 saturated carbocycles. The molecule has 1 aromatic rings. The summed E-state index contributed by atoms with van der Waals surface area (Å²) in [6.07, 6.45) is 0. The fourth-order valence-electron chi connectivity index (χ4n) is 1.46. The van der Waals surface area contributed by atoms with E-state index in [-0.39, 0.29) is 11.8 Å². The van der Waals surface area contributed by atoms with Crippen LogP contribution in [0.4, 0.5) is 0 Å². The van der Waals surface area contributed by atoms with E-state index in [1.54, 1.807) is 0 Å². The van der Waals surface area contributed by atoms with Crippen LogP contribution in [0.15, 0.2) is 28.7 Å². The van der Waals surface area contributed by atoms with Gasteiger partial charge in [0.1, 0.15) is 0 Å². The molecule has 4 heteroatoms. The minimum absolute atomic E-state index is 0.00195. The molecule has 1 amide bonds. The third-order valence-corrected chi connectivity index (χ3v) is 3.00. The van der Waals surface area contributed by atoms with E-state index in [1.165, 1.54) is 0 Å². The summed E-state index contributed by atoms with van der Waals surface area (Å²) in [5.74, 6) is 0.0908. The van der Waals surface area contributed by atoms with Crippen molar-refractivity contribution in [2.75, 3.05) is 13.1 Å². The molecule has 94 valence electrons. The van der Waals surface area contributed by atoms with Gasteiger partial charge in [-0.15, -0.1) is 0 Å². The van der Waals surface area contributed by atoms with Gasteiger partial charge in [-0.05, 0) is 24.2 Å². The van der Waals surface area contributed by atoms with Gasteiger partial charge in [0, 0.05) is 23.5 Å². The highest BCUT2D eigenvalue weighted by atomic mass is 79.9. The first kappa shape index (κ1) is 14.2. The zero-order chi connectivity index (χ0) is 12.7. The van der Waals surface area contributed by atoms with Gasteiger partial charge in [0.05, 0.1) is 0 Å². The predicted molar refractivity (Wildman–Crippen MR) is 73.7 cm³/mol. The van der Waals surface area contributed by atoms with Crippen molar-refractivity contribution in [2.45, 2.75) is 20.4 Å². The largest absolute Gasteiger partial charge is 0.352 e. The summed E-state index contributed by atoms with van der Waals surface area (Å²) < 4.78 is 1.03. The average Bonchev–Trinajstić information content (AvgIpc) is 2.33. The maximum Gasteiger partial charge on any atom is 0.224 e. The van der Waals surface area contributed by atoms with Crippen LogP contribution >= 0.6 is 15.9 Å². The predicted octanol–water partition coefficient (Wildman–Crippen LogP) is 2.31. The van der Waals surface area contributed by atoms with E-state index >= 15 is 0 Å².